The number of halogens is 1. The van der Waals surface area contributed by atoms with Crippen LogP contribution in [0.5, 0.6) is 0 Å². The molecule has 0 spiro atoms. The molecule has 0 bridgehead atoms. The van der Waals surface area contributed by atoms with Gasteiger partial charge in [-0.15, -0.1) is 0 Å². The molecule has 1 aliphatic rings. The van der Waals surface area contributed by atoms with E-state index in [4.69, 9.17) is 0 Å². The predicted molar refractivity (Wildman–Crippen MR) is 50.0 cm³/mol. The van der Waals surface area contributed by atoms with Gasteiger partial charge in [-0.25, -0.2) is 12.8 Å². The lowest BCUT2D eigenvalue weighted by Gasteiger charge is -2.02. The molecule has 1 aliphatic carbocycles. The second-order valence-corrected chi connectivity index (χ2v) is 5.63. The van der Waals surface area contributed by atoms with Crippen molar-refractivity contribution in [1.82, 2.24) is 0 Å². The van der Waals surface area contributed by atoms with Crippen LogP contribution in [0.4, 0.5) is 4.39 Å². The third-order valence-electron chi connectivity index (χ3n) is 2.25. The Labute approximate surface area is 82.7 Å². The van der Waals surface area contributed by atoms with E-state index in [2.05, 4.69) is 6.07 Å². The van der Waals surface area contributed by atoms with Crippen molar-refractivity contribution < 1.29 is 12.8 Å². The molecule has 14 heavy (non-hydrogen) atoms. The van der Waals surface area contributed by atoms with Gasteiger partial charge in [0.1, 0.15) is 5.82 Å². The van der Waals surface area contributed by atoms with E-state index < -0.39 is 15.7 Å². The van der Waals surface area contributed by atoms with Crippen molar-refractivity contribution in [3.63, 3.8) is 0 Å². The summed E-state index contributed by atoms with van der Waals surface area (Å²) in [6.07, 6.45) is 1.95. The Kier molecular flexibility index (Phi) is 2.31. The molecule has 2 nitrogen and oxygen atoms in total. The zero-order valence-electron chi connectivity index (χ0n) is 7.53. The fraction of sp³-hybridized carbons (Fsp3) is 0.400. The van der Waals surface area contributed by atoms with E-state index in [1.54, 1.807) is 0 Å². The summed E-state index contributed by atoms with van der Waals surface area (Å²) in [5.41, 5.74) is 0. The molecule has 0 aromatic heterocycles. The van der Waals surface area contributed by atoms with Crippen molar-refractivity contribution in [2.45, 2.75) is 17.7 Å². The molecular weight excluding hydrogens is 203 g/mol. The molecule has 0 N–H and O–H groups in total. The normalized spacial score (nSPS) is 16.9. The van der Waals surface area contributed by atoms with Crippen LogP contribution >= 0.6 is 0 Å². The van der Waals surface area contributed by atoms with Gasteiger partial charge < -0.3 is 0 Å². The molecule has 1 saturated carbocycles. The Morgan fingerprint density at radius 2 is 2.21 bits per heavy atom. The molecule has 1 aromatic carbocycles. The molecule has 2 rings (SSSR count). The van der Waals surface area contributed by atoms with E-state index in [0.717, 1.165) is 18.9 Å². The van der Waals surface area contributed by atoms with Gasteiger partial charge in [0.2, 0.25) is 0 Å². The first-order chi connectivity index (χ1) is 6.58. The standard InChI is InChI=1S/C10H10FO2S/c11-9-2-1-3-10(6-9)14(12,13)7-8-4-5-8/h1,3,6,8H,4-5,7H2. The van der Waals surface area contributed by atoms with Gasteiger partial charge in [0, 0.05) is 6.07 Å². The molecular formula is C10H10FO2S. The van der Waals surface area contributed by atoms with Crippen LogP contribution in [0.25, 0.3) is 0 Å². The molecule has 1 radical (unpaired) electrons. The van der Waals surface area contributed by atoms with E-state index in [1.807, 2.05) is 0 Å². The van der Waals surface area contributed by atoms with Gasteiger partial charge in [0.25, 0.3) is 0 Å². The monoisotopic (exact) mass is 213 g/mol. The highest BCUT2D eigenvalue weighted by atomic mass is 32.2. The highest BCUT2D eigenvalue weighted by Crippen LogP contribution is 2.32. The van der Waals surface area contributed by atoms with Crippen molar-refractivity contribution in [2.75, 3.05) is 5.75 Å². The first kappa shape index (κ1) is 9.65. The molecule has 0 heterocycles. The molecule has 0 saturated heterocycles. The minimum Gasteiger partial charge on any atom is -0.224 e. The first-order valence-electron chi connectivity index (χ1n) is 4.48. The Balaban J connectivity index is 2.28. The van der Waals surface area contributed by atoms with Crippen molar-refractivity contribution in [2.24, 2.45) is 5.92 Å². The number of benzene rings is 1. The Bertz CT molecular complexity index is 435. The summed E-state index contributed by atoms with van der Waals surface area (Å²) < 4.78 is 36.0. The van der Waals surface area contributed by atoms with E-state index in [1.165, 1.54) is 12.1 Å². The van der Waals surface area contributed by atoms with E-state index in [-0.39, 0.29) is 16.6 Å². The molecule has 4 heteroatoms. The summed E-state index contributed by atoms with van der Waals surface area (Å²) in [4.78, 5) is 0.0700. The summed E-state index contributed by atoms with van der Waals surface area (Å²) in [5, 5.41) is 0. The third-order valence-corrected chi connectivity index (χ3v) is 4.13. The van der Waals surface area contributed by atoms with Crippen LogP contribution in [0.2, 0.25) is 0 Å². The molecule has 1 aromatic rings. The van der Waals surface area contributed by atoms with Gasteiger partial charge in [-0.2, -0.15) is 0 Å². The number of sulfone groups is 1. The smallest absolute Gasteiger partial charge is 0.178 e. The fourth-order valence-corrected chi connectivity index (χ4v) is 3.01. The zero-order chi connectivity index (χ0) is 10.2. The lowest BCUT2D eigenvalue weighted by atomic mass is 10.4. The van der Waals surface area contributed by atoms with Crippen molar-refractivity contribution in [3.8, 4) is 0 Å². The average molecular weight is 213 g/mol. The quantitative estimate of drug-likeness (QED) is 0.767. The number of hydrogen-bond acceptors (Lipinski definition) is 2. The second-order valence-electron chi connectivity index (χ2n) is 3.60. The van der Waals surface area contributed by atoms with Gasteiger partial charge in [-0.05, 0) is 30.9 Å². The van der Waals surface area contributed by atoms with E-state index in [9.17, 15) is 12.8 Å². The van der Waals surface area contributed by atoms with E-state index >= 15 is 0 Å². The molecule has 0 atom stereocenters. The van der Waals surface area contributed by atoms with Gasteiger partial charge in [0.15, 0.2) is 9.84 Å². The summed E-state index contributed by atoms with van der Waals surface area (Å²) in [7, 11) is -3.28. The van der Waals surface area contributed by atoms with Crippen LogP contribution in [0.3, 0.4) is 0 Å². The summed E-state index contributed by atoms with van der Waals surface area (Å²) >= 11 is 0. The van der Waals surface area contributed by atoms with Crippen LogP contribution in [0.1, 0.15) is 12.8 Å². The van der Waals surface area contributed by atoms with Crippen LogP contribution in [-0.2, 0) is 9.84 Å². The predicted octanol–water partition coefficient (Wildman–Crippen LogP) is 1.81. The number of rotatable bonds is 3. The summed E-state index contributed by atoms with van der Waals surface area (Å²) in [6.45, 7) is 0. The van der Waals surface area contributed by atoms with Crippen LogP contribution in [0, 0.1) is 17.8 Å². The Hall–Kier alpha value is -0.900. The third kappa shape index (κ3) is 2.12. The molecule has 1 fully saturated rings. The highest BCUT2D eigenvalue weighted by molar-refractivity contribution is 7.91. The van der Waals surface area contributed by atoms with Crippen LogP contribution in [-0.4, -0.2) is 14.2 Å². The maximum absolute atomic E-state index is 12.7. The van der Waals surface area contributed by atoms with Crippen LogP contribution in [0.15, 0.2) is 23.1 Å². The average Bonchev–Trinajstić information content (AvgIpc) is 2.87. The minimum atomic E-state index is -3.28. The molecule has 0 amide bonds. The van der Waals surface area contributed by atoms with Gasteiger partial charge in [-0.3, -0.25) is 0 Å². The molecule has 0 aliphatic heterocycles. The minimum absolute atomic E-state index is 0.0700. The SMILES string of the molecule is O=S(=O)(CC1CC1)c1cc[c]c(F)c1. The van der Waals surface area contributed by atoms with E-state index in [0.29, 0.717) is 0 Å². The summed E-state index contributed by atoms with van der Waals surface area (Å²) in [6, 6.07) is 6.00. The maximum Gasteiger partial charge on any atom is 0.178 e. The lowest BCUT2D eigenvalue weighted by molar-refractivity contribution is 0.587. The molecule has 0 unspecified atom stereocenters. The maximum atomic E-state index is 12.7. The van der Waals surface area contributed by atoms with Gasteiger partial charge >= 0.3 is 0 Å². The van der Waals surface area contributed by atoms with Gasteiger partial charge in [0.05, 0.1) is 10.6 Å². The largest absolute Gasteiger partial charge is 0.224 e. The summed E-state index contributed by atoms with van der Waals surface area (Å²) in [5.74, 6) is -0.190. The number of hydrogen-bond donors (Lipinski definition) is 0. The van der Waals surface area contributed by atoms with Gasteiger partial charge in [-0.1, -0.05) is 6.07 Å². The second kappa shape index (κ2) is 3.35. The highest BCUT2D eigenvalue weighted by Gasteiger charge is 2.29. The lowest BCUT2D eigenvalue weighted by Crippen LogP contribution is -2.08. The topological polar surface area (TPSA) is 34.1 Å². The Morgan fingerprint density at radius 3 is 2.79 bits per heavy atom. The first-order valence-corrected chi connectivity index (χ1v) is 6.13. The fourth-order valence-electron chi connectivity index (χ4n) is 1.30. The van der Waals surface area contributed by atoms with Crippen molar-refractivity contribution >= 4 is 9.84 Å². The van der Waals surface area contributed by atoms with Crippen molar-refractivity contribution in [1.29, 1.82) is 0 Å². The van der Waals surface area contributed by atoms with Crippen LogP contribution < -0.4 is 0 Å². The van der Waals surface area contributed by atoms with Crippen molar-refractivity contribution in [3.05, 3.63) is 30.1 Å². The zero-order valence-corrected chi connectivity index (χ0v) is 8.35. The molecule has 75 valence electrons. The Morgan fingerprint density at radius 1 is 1.50 bits per heavy atom.